The predicted octanol–water partition coefficient (Wildman–Crippen LogP) is 2.57. The van der Waals surface area contributed by atoms with Gasteiger partial charge in [-0.3, -0.25) is 14.7 Å². The second-order valence-corrected chi connectivity index (χ2v) is 11.6. The van der Waals surface area contributed by atoms with Crippen LogP contribution in [-0.2, 0) is 23.0 Å². The van der Waals surface area contributed by atoms with Gasteiger partial charge in [0.25, 0.3) is 5.91 Å². The van der Waals surface area contributed by atoms with Crippen molar-refractivity contribution in [2.75, 3.05) is 39.0 Å². The number of benzene rings is 1. The summed E-state index contributed by atoms with van der Waals surface area (Å²) in [6.07, 6.45) is 5.13. The lowest BCUT2D eigenvalue weighted by molar-refractivity contribution is 0.0700. The van der Waals surface area contributed by atoms with Gasteiger partial charge in [0.15, 0.2) is 0 Å². The monoisotopic (exact) mass is 496 g/mol. The molecule has 5 rings (SSSR count). The van der Waals surface area contributed by atoms with E-state index in [-0.39, 0.29) is 17.7 Å². The van der Waals surface area contributed by atoms with Gasteiger partial charge in [0, 0.05) is 32.4 Å². The van der Waals surface area contributed by atoms with Gasteiger partial charge in [-0.1, -0.05) is 12.1 Å². The predicted molar refractivity (Wildman–Crippen MR) is 134 cm³/mol. The number of aromatic nitrogens is 3. The van der Waals surface area contributed by atoms with E-state index in [1.165, 1.54) is 9.87 Å². The van der Waals surface area contributed by atoms with Crippen molar-refractivity contribution in [1.29, 1.82) is 0 Å². The first-order chi connectivity index (χ1) is 16.9. The molecule has 186 valence electrons. The number of aryl methyl sites for hydroxylation is 1. The molecule has 3 aromatic rings. The number of nitrogens with one attached hydrogen (secondary N) is 1. The molecular weight excluding hydrogens is 464 g/mol. The smallest absolute Gasteiger partial charge is 0.256 e. The maximum absolute atomic E-state index is 13.3. The number of para-hydroxylation sites is 1. The van der Waals surface area contributed by atoms with Crippen LogP contribution in [-0.4, -0.2) is 82.4 Å². The number of pyridine rings is 1. The average Bonchev–Trinajstić information content (AvgIpc) is 3.30. The number of imidazole rings is 1. The summed E-state index contributed by atoms with van der Waals surface area (Å²) in [6, 6.07) is 10.0. The Labute approximate surface area is 206 Å². The molecule has 1 amide bonds. The van der Waals surface area contributed by atoms with E-state index in [1.54, 1.807) is 17.9 Å². The fraction of sp³-hybridized carbons (Fsp3) is 0.480. The number of sulfonamides is 1. The van der Waals surface area contributed by atoms with Crippen LogP contribution in [0.5, 0.6) is 0 Å². The first-order valence-electron chi connectivity index (χ1n) is 12.3. The lowest BCUT2D eigenvalue weighted by Gasteiger charge is -2.33. The number of fused-ring (bicyclic) bond motifs is 2. The molecule has 1 aliphatic carbocycles. The Kier molecular flexibility index (Phi) is 6.61. The van der Waals surface area contributed by atoms with E-state index in [0.717, 1.165) is 36.3 Å². The van der Waals surface area contributed by atoms with Crippen molar-refractivity contribution in [3.05, 3.63) is 59.2 Å². The Morgan fingerprint density at radius 1 is 1.17 bits per heavy atom. The minimum Gasteiger partial charge on any atom is -0.341 e. The number of nitrogens with zero attached hydrogens (tertiary/aromatic N) is 5. The molecule has 1 atom stereocenters. The fourth-order valence-electron chi connectivity index (χ4n) is 5.21. The summed E-state index contributed by atoms with van der Waals surface area (Å²) in [5, 5.41) is 0. The number of rotatable bonds is 6. The Hall–Kier alpha value is -2.82. The molecule has 1 fully saturated rings. The zero-order valence-corrected chi connectivity index (χ0v) is 21.1. The third-order valence-corrected chi connectivity index (χ3v) is 9.05. The summed E-state index contributed by atoms with van der Waals surface area (Å²) >= 11 is 0. The van der Waals surface area contributed by atoms with Crippen LogP contribution in [0.15, 0.2) is 36.5 Å². The molecule has 1 aliphatic heterocycles. The Balaban J connectivity index is 1.32. The number of carbonyl (C=O) groups is 1. The van der Waals surface area contributed by atoms with E-state index < -0.39 is 10.0 Å². The van der Waals surface area contributed by atoms with Crippen molar-refractivity contribution in [2.24, 2.45) is 0 Å². The third-order valence-electron chi connectivity index (χ3n) is 7.17. The molecule has 1 saturated heterocycles. The maximum Gasteiger partial charge on any atom is 0.256 e. The number of hydrogen-bond donors (Lipinski definition) is 1. The minimum atomic E-state index is -3.24. The number of hydrogen-bond acceptors (Lipinski definition) is 6. The molecule has 3 heterocycles. The topological polar surface area (TPSA) is 102 Å². The highest BCUT2D eigenvalue weighted by molar-refractivity contribution is 7.89. The molecule has 2 aromatic heterocycles. The van der Waals surface area contributed by atoms with Gasteiger partial charge < -0.3 is 9.88 Å². The second kappa shape index (κ2) is 9.67. The molecule has 0 bridgehead atoms. The van der Waals surface area contributed by atoms with Crippen molar-refractivity contribution in [1.82, 2.24) is 29.1 Å². The SMILES string of the molecule is CCS(=O)(=O)N1CCN(C(=O)c2cccc3[nH]c(CN(C)C4CCCc5cccnc54)nc23)CC1. The fourth-order valence-corrected chi connectivity index (χ4v) is 6.30. The van der Waals surface area contributed by atoms with Crippen LogP contribution in [0.3, 0.4) is 0 Å². The van der Waals surface area contributed by atoms with Gasteiger partial charge in [0.05, 0.1) is 35.1 Å². The Morgan fingerprint density at radius 3 is 2.74 bits per heavy atom. The molecule has 35 heavy (non-hydrogen) atoms. The summed E-state index contributed by atoms with van der Waals surface area (Å²) < 4.78 is 25.8. The maximum atomic E-state index is 13.3. The zero-order chi connectivity index (χ0) is 24.6. The van der Waals surface area contributed by atoms with Gasteiger partial charge >= 0.3 is 0 Å². The minimum absolute atomic E-state index is 0.0766. The lowest BCUT2D eigenvalue weighted by atomic mass is 9.91. The normalized spacial score (nSPS) is 19.3. The van der Waals surface area contributed by atoms with Crippen LogP contribution in [0.1, 0.15) is 53.2 Å². The van der Waals surface area contributed by atoms with Crippen molar-refractivity contribution < 1.29 is 13.2 Å². The van der Waals surface area contributed by atoms with Gasteiger partial charge in [-0.2, -0.15) is 4.31 Å². The standard InChI is InChI=1S/C25H32N6O3S/c1-3-35(33,34)31-15-13-30(14-16-31)25(32)19-9-5-10-20-24(19)28-22(27-20)17-29(2)21-11-4-7-18-8-6-12-26-23(18)21/h5-6,8-10,12,21H,3-4,7,11,13-17H2,1-2H3,(H,27,28). The molecular formula is C25H32N6O3S. The van der Waals surface area contributed by atoms with E-state index in [1.807, 2.05) is 24.4 Å². The van der Waals surface area contributed by atoms with Gasteiger partial charge in [-0.25, -0.2) is 13.4 Å². The number of amides is 1. The number of piperazine rings is 1. The van der Waals surface area contributed by atoms with E-state index in [2.05, 4.69) is 28.0 Å². The van der Waals surface area contributed by atoms with Gasteiger partial charge in [-0.15, -0.1) is 0 Å². The largest absolute Gasteiger partial charge is 0.341 e. The first kappa shape index (κ1) is 23.9. The Morgan fingerprint density at radius 2 is 1.97 bits per heavy atom. The van der Waals surface area contributed by atoms with Crippen LogP contribution in [0.4, 0.5) is 0 Å². The van der Waals surface area contributed by atoms with E-state index in [9.17, 15) is 13.2 Å². The molecule has 1 aromatic carbocycles. The van der Waals surface area contributed by atoms with Crippen LogP contribution < -0.4 is 0 Å². The number of H-pyrrole nitrogens is 1. The third kappa shape index (κ3) is 4.70. The quantitative estimate of drug-likeness (QED) is 0.563. The summed E-state index contributed by atoms with van der Waals surface area (Å²) in [5.74, 6) is 0.776. The molecule has 9 nitrogen and oxygen atoms in total. The molecule has 1 unspecified atom stereocenters. The molecule has 0 radical (unpaired) electrons. The molecule has 2 aliphatic rings. The first-order valence-corrected chi connectivity index (χ1v) is 13.9. The second-order valence-electron chi connectivity index (χ2n) is 9.35. The Bertz CT molecular complexity index is 1330. The number of carbonyl (C=O) groups excluding carboxylic acids is 1. The zero-order valence-electron chi connectivity index (χ0n) is 20.3. The summed E-state index contributed by atoms with van der Waals surface area (Å²) in [5.41, 5.74) is 4.50. The van der Waals surface area contributed by atoms with Crippen molar-refractivity contribution >= 4 is 27.0 Å². The van der Waals surface area contributed by atoms with Gasteiger partial charge in [-0.05, 0) is 57.0 Å². The summed E-state index contributed by atoms with van der Waals surface area (Å²) in [6.45, 7) is 3.67. The van der Waals surface area contributed by atoms with Gasteiger partial charge in [0.1, 0.15) is 11.3 Å². The van der Waals surface area contributed by atoms with E-state index in [4.69, 9.17) is 4.98 Å². The average molecular weight is 497 g/mol. The lowest BCUT2D eigenvalue weighted by Crippen LogP contribution is -2.50. The van der Waals surface area contributed by atoms with Crippen LogP contribution >= 0.6 is 0 Å². The number of aromatic amines is 1. The molecule has 10 heteroatoms. The summed E-state index contributed by atoms with van der Waals surface area (Å²) in [4.78, 5) is 30.2. The van der Waals surface area contributed by atoms with E-state index >= 15 is 0 Å². The highest BCUT2D eigenvalue weighted by Crippen LogP contribution is 2.32. The van der Waals surface area contributed by atoms with E-state index in [0.29, 0.717) is 43.8 Å². The molecule has 0 spiro atoms. The van der Waals surface area contributed by atoms with Crippen molar-refractivity contribution in [2.45, 2.75) is 38.8 Å². The van der Waals surface area contributed by atoms with Gasteiger partial charge in [0.2, 0.25) is 10.0 Å². The van der Waals surface area contributed by atoms with Crippen molar-refractivity contribution in [3.8, 4) is 0 Å². The van der Waals surface area contributed by atoms with Crippen molar-refractivity contribution in [3.63, 3.8) is 0 Å². The molecule has 1 N–H and O–H groups in total. The highest BCUT2D eigenvalue weighted by Gasteiger charge is 2.30. The molecule has 0 saturated carbocycles. The van der Waals surface area contributed by atoms with Crippen LogP contribution in [0, 0.1) is 0 Å². The summed E-state index contributed by atoms with van der Waals surface area (Å²) in [7, 11) is -1.14. The van der Waals surface area contributed by atoms with Crippen LogP contribution in [0.25, 0.3) is 11.0 Å². The van der Waals surface area contributed by atoms with Crippen LogP contribution in [0.2, 0.25) is 0 Å². The highest BCUT2D eigenvalue weighted by atomic mass is 32.2.